The van der Waals surface area contributed by atoms with E-state index in [1.807, 2.05) is 0 Å². The first-order chi connectivity index (χ1) is 18.5. The van der Waals surface area contributed by atoms with Gasteiger partial charge in [-0.15, -0.1) is 0 Å². The van der Waals surface area contributed by atoms with Crippen molar-refractivity contribution in [2.75, 3.05) is 12.8 Å². The summed E-state index contributed by atoms with van der Waals surface area (Å²) in [4.78, 5) is 50.1. The van der Waals surface area contributed by atoms with Crippen LogP contribution in [0, 0.1) is 11.3 Å². The predicted octanol–water partition coefficient (Wildman–Crippen LogP) is 2.46. The molecule has 0 bridgehead atoms. The number of carbonyl (C=O) groups is 4. The molecule has 0 spiro atoms. The maximum atomic E-state index is 13.4. The number of hydrogen-bond acceptors (Lipinski definition) is 6. The second-order valence-corrected chi connectivity index (χ2v) is 11.5. The second-order valence-electron chi connectivity index (χ2n) is 10.1. The number of carboxylic acid groups (broad SMARTS) is 2. The molecule has 2 aromatic rings. The molecule has 0 aliphatic heterocycles. The summed E-state index contributed by atoms with van der Waals surface area (Å²) in [6.07, 6.45) is 3.80. The van der Waals surface area contributed by atoms with E-state index in [0.29, 0.717) is 42.6 Å². The molecule has 3 rings (SSSR count). The lowest BCUT2D eigenvalue weighted by Gasteiger charge is -2.32. The van der Waals surface area contributed by atoms with Crippen LogP contribution in [0.3, 0.4) is 0 Å². The lowest BCUT2D eigenvalue weighted by atomic mass is 9.76. The van der Waals surface area contributed by atoms with Crippen LogP contribution in [0.5, 0.6) is 5.75 Å². The molecule has 1 fully saturated rings. The number of aromatic hydroxyl groups is 1. The molecule has 0 heterocycles. The average molecular weight is 559 g/mol. The van der Waals surface area contributed by atoms with Crippen molar-refractivity contribution in [2.24, 2.45) is 11.3 Å². The molecule has 39 heavy (non-hydrogen) atoms. The monoisotopic (exact) mass is 558 g/mol. The van der Waals surface area contributed by atoms with Crippen molar-refractivity contribution in [3.05, 3.63) is 65.2 Å². The quantitative estimate of drug-likeness (QED) is 0.233. The number of phenolic OH excluding ortho intramolecular Hbond substituents is 1. The Morgan fingerprint density at radius 1 is 0.949 bits per heavy atom. The van der Waals surface area contributed by atoms with Gasteiger partial charge < -0.3 is 30.5 Å². The van der Waals surface area contributed by atoms with Gasteiger partial charge in [0.15, 0.2) is 0 Å². The molecule has 0 aromatic heterocycles. The fourth-order valence-electron chi connectivity index (χ4n) is 4.98. The van der Waals surface area contributed by atoms with E-state index in [1.165, 1.54) is 12.1 Å². The normalized spacial score (nSPS) is 16.6. The van der Waals surface area contributed by atoms with Crippen LogP contribution < -0.4 is 10.6 Å². The van der Waals surface area contributed by atoms with Gasteiger partial charge in [0.25, 0.3) is 5.91 Å². The number of aliphatic carboxylic acids is 2. The molecule has 2 aromatic carbocycles. The van der Waals surface area contributed by atoms with Crippen LogP contribution >= 0.6 is 0 Å². The highest BCUT2D eigenvalue weighted by atomic mass is 32.2. The van der Waals surface area contributed by atoms with Gasteiger partial charge >= 0.3 is 11.9 Å². The van der Waals surface area contributed by atoms with E-state index in [0.717, 1.165) is 5.56 Å². The summed E-state index contributed by atoms with van der Waals surface area (Å²) in [5.74, 6) is -4.00. The summed E-state index contributed by atoms with van der Waals surface area (Å²) in [5.41, 5.74) is 0.697. The lowest BCUT2D eigenvalue weighted by molar-refractivity contribution is -0.147. The number of hydrogen-bond donors (Lipinski definition) is 5. The summed E-state index contributed by atoms with van der Waals surface area (Å²) in [6, 6.07) is 11.3. The number of amides is 2. The Labute approximate surface area is 230 Å². The maximum Gasteiger partial charge on any atom is 0.326 e. The van der Waals surface area contributed by atoms with E-state index in [9.17, 15) is 39.1 Å². The molecule has 1 aliphatic rings. The van der Waals surface area contributed by atoms with E-state index in [2.05, 4.69) is 10.6 Å². The minimum absolute atomic E-state index is 0.00278. The molecule has 1 unspecified atom stereocenters. The zero-order valence-corrected chi connectivity index (χ0v) is 22.5. The molecule has 1 saturated carbocycles. The first-order valence-corrected chi connectivity index (χ1v) is 14.4. The third kappa shape index (κ3) is 8.46. The number of benzene rings is 2. The topological polar surface area (TPSA) is 176 Å². The highest BCUT2D eigenvalue weighted by Gasteiger charge is 2.45. The summed E-state index contributed by atoms with van der Waals surface area (Å²) >= 11 is -1.02. The van der Waals surface area contributed by atoms with Crippen LogP contribution in [0.4, 0.5) is 0 Å². The zero-order valence-electron chi connectivity index (χ0n) is 21.7. The largest absolute Gasteiger partial charge is 0.616 e. The van der Waals surface area contributed by atoms with Crippen LogP contribution in [-0.2, 0) is 37.7 Å². The second kappa shape index (κ2) is 13.5. The SMILES string of the molecule is C[S+]([O-])Cc1ccc(C(=O)NC[C@H](CC2(C(=O)N[C@@H](Cc3ccc(O)cc3)C(=O)O)CCCC2)C(=O)O)cc1. The van der Waals surface area contributed by atoms with Gasteiger partial charge in [-0.05, 0) is 49.1 Å². The van der Waals surface area contributed by atoms with E-state index in [-0.39, 0.29) is 25.1 Å². The minimum atomic E-state index is -1.23. The van der Waals surface area contributed by atoms with Crippen LogP contribution in [0.25, 0.3) is 0 Å². The van der Waals surface area contributed by atoms with Gasteiger partial charge in [-0.3, -0.25) is 14.4 Å². The Bertz CT molecular complexity index is 1160. The standard InChI is InChI=1S/C28H34N2O8S/c1-39(38)17-19-4-8-20(9-5-19)24(32)29-16-21(25(33)34)15-28(12-2-3-13-28)27(37)30-23(26(35)36)14-18-6-10-22(31)11-7-18/h4-11,21,23,31H,2-3,12-17H2,1H3,(H,29,32)(H,30,37)(H,33,34)(H,35,36)/t21-,23-,39?/m0/s1. The fourth-order valence-corrected chi connectivity index (χ4v) is 5.64. The van der Waals surface area contributed by atoms with Crippen molar-refractivity contribution >= 4 is 34.9 Å². The van der Waals surface area contributed by atoms with Crippen LogP contribution in [-0.4, -0.2) is 62.5 Å². The molecule has 2 amide bonds. The van der Waals surface area contributed by atoms with Gasteiger partial charge in [0.2, 0.25) is 5.91 Å². The molecule has 0 radical (unpaired) electrons. The van der Waals surface area contributed by atoms with Crippen molar-refractivity contribution in [2.45, 2.75) is 50.3 Å². The Morgan fingerprint density at radius 3 is 2.08 bits per heavy atom. The van der Waals surface area contributed by atoms with Gasteiger partial charge in [0.05, 0.1) is 17.6 Å². The van der Waals surface area contributed by atoms with Gasteiger partial charge in [0.1, 0.15) is 17.5 Å². The van der Waals surface area contributed by atoms with E-state index < -0.39 is 52.3 Å². The van der Waals surface area contributed by atoms with Gasteiger partial charge in [-0.25, -0.2) is 4.79 Å². The predicted molar refractivity (Wildman–Crippen MR) is 145 cm³/mol. The molecular weight excluding hydrogens is 524 g/mol. The smallest absolute Gasteiger partial charge is 0.326 e. The van der Waals surface area contributed by atoms with Crippen LogP contribution in [0.1, 0.15) is 53.6 Å². The molecule has 3 atom stereocenters. The molecule has 11 heteroatoms. The number of carbonyl (C=O) groups excluding carboxylic acids is 2. The van der Waals surface area contributed by atoms with Crippen molar-refractivity contribution in [1.29, 1.82) is 0 Å². The van der Waals surface area contributed by atoms with Crippen LogP contribution in [0.2, 0.25) is 0 Å². The number of rotatable bonds is 13. The first-order valence-electron chi connectivity index (χ1n) is 12.7. The van der Waals surface area contributed by atoms with Crippen molar-refractivity contribution in [3.63, 3.8) is 0 Å². The highest BCUT2D eigenvalue weighted by molar-refractivity contribution is 7.89. The fraction of sp³-hybridized carbons (Fsp3) is 0.429. The zero-order chi connectivity index (χ0) is 28.6. The van der Waals surface area contributed by atoms with Gasteiger partial charge in [-0.2, -0.15) is 0 Å². The first kappa shape index (κ1) is 30.0. The van der Waals surface area contributed by atoms with E-state index in [1.54, 1.807) is 42.7 Å². The molecule has 1 aliphatic carbocycles. The van der Waals surface area contributed by atoms with E-state index in [4.69, 9.17) is 0 Å². The Hall–Kier alpha value is -3.57. The molecule has 210 valence electrons. The van der Waals surface area contributed by atoms with Crippen molar-refractivity contribution in [1.82, 2.24) is 10.6 Å². The van der Waals surface area contributed by atoms with Gasteiger partial charge in [0, 0.05) is 24.1 Å². The van der Waals surface area contributed by atoms with E-state index >= 15 is 0 Å². The molecule has 5 N–H and O–H groups in total. The molecular formula is C28H34N2O8S. The Kier molecular flexibility index (Phi) is 10.4. The molecule has 0 saturated heterocycles. The summed E-state index contributed by atoms with van der Waals surface area (Å²) in [5, 5.41) is 34.3. The number of phenols is 1. The maximum absolute atomic E-state index is 13.4. The summed E-state index contributed by atoms with van der Waals surface area (Å²) in [7, 11) is 0. The summed E-state index contributed by atoms with van der Waals surface area (Å²) in [6.45, 7) is -0.195. The Morgan fingerprint density at radius 2 is 1.54 bits per heavy atom. The third-order valence-corrected chi connectivity index (χ3v) is 7.84. The highest BCUT2D eigenvalue weighted by Crippen LogP contribution is 2.43. The third-order valence-electron chi connectivity index (χ3n) is 7.10. The Balaban J connectivity index is 1.67. The number of carboxylic acids is 2. The minimum Gasteiger partial charge on any atom is -0.616 e. The lowest BCUT2D eigenvalue weighted by Crippen LogP contribution is -2.50. The van der Waals surface area contributed by atoms with Gasteiger partial charge in [-0.1, -0.05) is 48.3 Å². The van der Waals surface area contributed by atoms with Crippen molar-refractivity contribution in [3.8, 4) is 5.75 Å². The summed E-state index contributed by atoms with van der Waals surface area (Å²) < 4.78 is 11.4. The van der Waals surface area contributed by atoms with Crippen molar-refractivity contribution < 1.29 is 39.1 Å². The average Bonchev–Trinajstić information content (AvgIpc) is 3.37. The number of nitrogens with one attached hydrogen (secondary N) is 2. The molecule has 10 nitrogen and oxygen atoms in total. The van der Waals surface area contributed by atoms with Crippen LogP contribution in [0.15, 0.2) is 48.5 Å².